The van der Waals surface area contributed by atoms with Gasteiger partial charge < -0.3 is 10.5 Å². The second-order valence-electron chi connectivity index (χ2n) is 2.94. The van der Waals surface area contributed by atoms with Crippen molar-refractivity contribution in [1.29, 1.82) is 0 Å². The molecule has 0 unspecified atom stereocenters. The molecule has 16 heavy (non-hydrogen) atoms. The predicted molar refractivity (Wildman–Crippen MR) is 57.5 cm³/mol. The minimum Gasteiger partial charge on any atom is -0.464 e. The Balaban J connectivity index is 2.56. The predicted octanol–water partition coefficient (Wildman–Crippen LogP) is 0.401. The quantitative estimate of drug-likeness (QED) is 0.762. The van der Waals surface area contributed by atoms with E-state index in [1.54, 1.807) is 17.0 Å². The summed E-state index contributed by atoms with van der Waals surface area (Å²) in [7, 11) is 1.28. The van der Waals surface area contributed by atoms with E-state index in [-0.39, 0.29) is 11.5 Å². The van der Waals surface area contributed by atoms with E-state index in [1.807, 2.05) is 0 Å². The van der Waals surface area contributed by atoms with Crippen molar-refractivity contribution >= 4 is 23.1 Å². The molecule has 2 N–H and O–H groups in total. The molecule has 7 nitrogen and oxygen atoms in total. The number of aromatic nitrogens is 4. The van der Waals surface area contributed by atoms with Crippen LogP contribution in [0.3, 0.4) is 0 Å². The van der Waals surface area contributed by atoms with Crippen LogP contribution >= 0.6 is 11.3 Å². The standard InChI is InChI=1S/C8H9N5O2S/c1-4-11-5(7(14)15-2)6(9)13(4)8-12-10-3-16-8/h3H,9H2,1-2H3. The zero-order valence-corrected chi connectivity index (χ0v) is 9.48. The van der Waals surface area contributed by atoms with Gasteiger partial charge in [0.2, 0.25) is 5.13 Å². The molecule has 2 aromatic heterocycles. The fourth-order valence-corrected chi connectivity index (χ4v) is 1.92. The van der Waals surface area contributed by atoms with Gasteiger partial charge in [-0.25, -0.2) is 9.78 Å². The molecule has 0 fully saturated rings. The summed E-state index contributed by atoms with van der Waals surface area (Å²) in [6.07, 6.45) is 0. The van der Waals surface area contributed by atoms with Gasteiger partial charge >= 0.3 is 5.97 Å². The van der Waals surface area contributed by atoms with E-state index >= 15 is 0 Å². The van der Waals surface area contributed by atoms with Crippen LogP contribution in [-0.2, 0) is 4.74 Å². The van der Waals surface area contributed by atoms with Crippen LogP contribution in [0.5, 0.6) is 0 Å². The van der Waals surface area contributed by atoms with E-state index in [0.717, 1.165) is 0 Å². The Kier molecular flexibility index (Phi) is 2.57. The Morgan fingerprint density at radius 3 is 2.94 bits per heavy atom. The first-order valence-electron chi connectivity index (χ1n) is 4.34. The number of hydrogen-bond donors (Lipinski definition) is 1. The lowest BCUT2D eigenvalue weighted by atomic mass is 10.4. The first kappa shape index (κ1) is 10.6. The van der Waals surface area contributed by atoms with Crippen LogP contribution in [-0.4, -0.2) is 32.8 Å². The summed E-state index contributed by atoms with van der Waals surface area (Å²) in [5, 5.41) is 8.14. The molecule has 0 saturated heterocycles. The molecule has 84 valence electrons. The molecule has 8 heteroatoms. The Labute approximate surface area is 94.9 Å². The maximum atomic E-state index is 11.4. The third kappa shape index (κ3) is 1.52. The maximum absolute atomic E-state index is 11.4. The highest BCUT2D eigenvalue weighted by Crippen LogP contribution is 2.21. The van der Waals surface area contributed by atoms with Crippen molar-refractivity contribution < 1.29 is 9.53 Å². The molecular formula is C8H9N5O2S. The Hall–Kier alpha value is -1.96. The summed E-state index contributed by atoms with van der Waals surface area (Å²) >= 11 is 1.31. The summed E-state index contributed by atoms with van der Waals surface area (Å²) in [5.74, 6) is 0.208. The fourth-order valence-electron chi connectivity index (χ4n) is 1.30. The summed E-state index contributed by atoms with van der Waals surface area (Å²) < 4.78 is 6.13. The van der Waals surface area contributed by atoms with Crippen LogP contribution in [0.25, 0.3) is 5.13 Å². The number of ether oxygens (including phenoxy) is 1. The highest BCUT2D eigenvalue weighted by Gasteiger charge is 2.21. The number of hydrogen-bond acceptors (Lipinski definition) is 7. The van der Waals surface area contributed by atoms with Gasteiger partial charge in [-0.1, -0.05) is 11.3 Å². The van der Waals surface area contributed by atoms with Crippen molar-refractivity contribution in [2.45, 2.75) is 6.92 Å². The zero-order valence-electron chi connectivity index (χ0n) is 8.67. The molecule has 0 aliphatic carbocycles. The molecule has 0 amide bonds. The first-order valence-corrected chi connectivity index (χ1v) is 5.22. The van der Waals surface area contributed by atoms with Gasteiger partial charge in [0.1, 0.15) is 17.2 Å². The highest BCUT2D eigenvalue weighted by atomic mass is 32.1. The number of esters is 1. The van der Waals surface area contributed by atoms with Crippen LogP contribution in [0, 0.1) is 6.92 Å². The summed E-state index contributed by atoms with van der Waals surface area (Å²) in [5.41, 5.74) is 7.48. The molecule has 0 aliphatic rings. The van der Waals surface area contributed by atoms with Crippen LogP contribution in [0.4, 0.5) is 5.82 Å². The van der Waals surface area contributed by atoms with Crippen molar-refractivity contribution in [2.24, 2.45) is 0 Å². The first-order chi connectivity index (χ1) is 7.65. The second kappa shape index (κ2) is 3.89. The monoisotopic (exact) mass is 239 g/mol. The van der Waals surface area contributed by atoms with Gasteiger partial charge in [-0.2, -0.15) is 0 Å². The topological polar surface area (TPSA) is 95.9 Å². The van der Waals surface area contributed by atoms with Crippen molar-refractivity contribution in [3.05, 3.63) is 17.0 Å². The van der Waals surface area contributed by atoms with Gasteiger partial charge in [0.25, 0.3) is 0 Å². The van der Waals surface area contributed by atoms with Crippen LogP contribution < -0.4 is 5.73 Å². The number of carbonyl (C=O) groups is 1. The number of carbonyl (C=O) groups excluding carboxylic acids is 1. The Morgan fingerprint density at radius 2 is 2.38 bits per heavy atom. The molecule has 0 spiro atoms. The van der Waals surface area contributed by atoms with Crippen LogP contribution in [0.1, 0.15) is 16.3 Å². The normalized spacial score (nSPS) is 10.4. The lowest BCUT2D eigenvalue weighted by Crippen LogP contribution is -2.07. The van der Waals surface area contributed by atoms with Gasteiger partial charge in [-0.05, 0) is 6.92 Å². The minimum absolute atomic E-state index is 0.0928. The van der Waals surface area contributed by atoms with Gasteiger partial charge in [0, 0.05) is 0 Å². The summed E-state index contributed by atoms with van der Waals surface area (Å²) in [6, 6.07) is 0. The van der Waals surface area contributed by atoms with E-state index in [0.29, 0.717) is 11.0 Å². The number of aryl methyl sites for hydroxylation is 1. The number of nitrogen functional groups attached to an aromatic ring is 1. The molecule has 2 heterocycles. The molecule has 2 aromatic rings. The molecule has 0 bridgehead atoms. The Bertz CT molecular complexity index is 519. The molecule has 0 aromatic carbocycles. The number of nitrogens with zero attached hydrogens (tertiary/aromatic N) is 4. The molecule has 0 radical (unpaired) electrons. The Morgan fingerprint density at radius 1 is 1.62 bits per heavy atom. The fraction of sp³-hybridized carbons (Fsp3) is 0.250. The van der Waals surface area contributed by atoms with Crippen molar-refractivity contribution in [2.75, 3.05) is 12.8 Å². The van der Waals surface area contributed by atoms with Gasteiger partial charge in [0.05, 0.1) is 7.11 Å². The van der Waals surface area contributed by atoms with Crippen molar-refractivity contribution in [3.8, 4) is 5.13 Å². The average molecular weight is 239 g/mol. The maximum Gasteiger partial charge on any atom is 0.360 e. The van der Waals surface area contributed by atoms with E-state index in [2.05, 4.69) is 19.9 Å². The van der Waals surface area contributed by atoms with E-state index in [9.17, 15) is 4.79 Å². The summed E-state index contributed by atoms with van der Waals surface area (Å²) in [4.78, 5) is 15.4. The van der Waals surface area contributed by atoms with Crippen molar-refractivity contribution in [3.63, 3.8) is 0 Å². The molecule has 0 atom stereocenters. The number of methoxy groups -OCH3 is 1. The number of nitrogens with two attached hydrogens (primary N) is 1. The number of rotatable bonds is 2. The van der Waals surface area contributed by atoms with Gasteiger partial charge in [0.15, 0.2) is 5.69 Å². The van der Waals surface area contributed by atoms with E-state index in [1.165, 1.54) is 18.4 Å². The van der Waals surface area contributed by atoms with E-state index < -0.39 is 5.97 Å². The smallest absolute Gasteiger partial charge is 0.360 e. The third-order valence-corrected chi connectivity index (χ3v) is 2.67. The number of imidazole rings is 1. The molecule has 0 saturated carbocycles. The van der Waals surface area contributed by atoms with Crippen LogP contribution in [0.15, 0.2) is 5.51 Å². The molecule has 0 aliphatic heterocycles. The molecule has 2 rings (SSSR count). The SMILES string of the molecule is COC(=O)c1nc(C)n(-c2nncs2)c1N. The van der Waals surface area contributed by atoms with Crippen molar-refractivity contribution in [1.82, 2.24) is 19.7 Å². The van der Waals surface area contributed by atoms with E-state index in [4.69, 9.17) is 5.73 Å². The minimum atomic E-state index is -0.566. The average Bonchev–Trinajstić information content (AvgIpc) is 2.86. The highest BCUT2D eigenvalue weighted by molar-refractivity contribution is 7.11. The van der Waals surface area contributed by atoms with Gasteiger partial charge in [-0.3, -0.25) is 4.57 Å². The second-order valence-corrected chi connectivity index (χ2v) is 3.75. The zero-order chi connectivity index (χ0) is 11.7. The largest absolute Gasteiger partial charge is 0.464 e. The lowest BCUT2D eigenvalue weighted by Gasteiger charge is -2.01. The van der Waals surface area contributed by atoms with Crippen LogP contribution in [0.2, 0.25) is 0 Å². The number of anilines is 1. The molecular weight excluding hydrogens is 230 g/mol. The third-order valence-electron chi connectivity index (χ3n) is 2.00. The summed E-state index contributed by atoms with van der Waals surface area (Å²) in [6.45, 7) is 1.73. The lowest BCUT2D eigenvalue weighted by molar-refractivity contribution is 0.0596. The van der Waals surface area contributed by atoms with Gasteiger partial charge in [-0.15, -0.1) is 10.2 Å².